The van der Waals surface area contributed by atoms with Gasteiger partial charge in [-0.1, -0.05) is 23.7 Å². The molecule has 0 bridgehead atoms. The molecule has 0 aromatic heterocycles. The van der Waals surface area contributed by atoms with Gasteiger partial charge in [-0.3, -0.25) is 4.79 Å². The first kappa shape index (κ1) is 19.6. The number of halogens is 1. The first-order chi connectivity index (χ1) is 12.5. The second-order valence-corrected chi connectivity index (χ2v) is 5.85. The molecule has 0 aliphatic rings. The number of carbonyl (C=O) groups excluding carboxylic acids is 1. The highest BCUT2D eigenvalue weighted by atomic mass is 35.5. The van der Waals surface area contributed by atoms with E-state index in [9.17, 15) is 9.59 Å². The average Bonchev–Trinajstić information content (AvgIpc) is 2.62. The van der Waals surface area contributed by atoms with Crippen molar-refractivity contribution in [3.63, 3.8) is 0 Å². The van der Waals surface area contributed by atoms with Crippen LogP contribution in [0, 0.1) is 0 Å². The van der Waals surface area contributed by atoms with E-state index in [1.807, 2.05) is 24.3 Å². The van der Waals surface area contributed by atoms with E-state index in [-0.39, 0.29) is 11.7 Å². The second-order valence-electron chi connectivity index (χ2n) is 5.41. The Morgan fingerprint density at radius 3 is 2.46 bits per heavy atom. The van der Waals surface area contributed by atoms with Crippen LogP contribution in [-0.2, 0) is 11.2 Å². The Kier molecular flexibility index (Phi) is 7.29. The molecule has 2 N–H and O–H groups in total. The van der Waals surface area contributed by atoms with Crippen LogP contribution in [0.2, 0.25) is 5.02 Å². The quantitative estimate of drug-likeness (QED) is 0.701. The van der Waals surface area contributed by atoms with Gasteiger partial charge in [0, 0.05) is 17.1 Å². The molecule has 7 heteroatoms. The molecule has 0 aliphatic carbocycles. The summed E-state index contributed by atoms with van der Waals surface area (Å²) in [4.78, 5) is 22.9. The van der Waals surface area contributed by atoms with Gasteiger partial charge < -0.3 is 19.9 Å². The van der Waals surface area contributed by atoms with Crippen molar-refractivity contribution in [1.82, 2.24) is 5.32 Å². The van der Waals surface area contributed by atoms with Crippen LogP contribution in [0.5, 0.6) is 11.5 Å². The Balaban J connectivity index is 1.97. The maximum Gasteiger partial charge on any atom is 0.341 e. The fraction of sp³-hybridized carbons (Fsp3) is 0.263. The van der Waals surface area contributed by atoms with Crippen LogP contribution in [-0.4, -0.2) is 36.7 Å². The zero-order chi connectivity index (χ0) is 18.9. The molecule has 0 unspecified atom stereocenters. The van der Waals surface area contributed by atoms with Crippen molar-refractivity contribution in [3.8, 4) is 11.5 Å². The highest BCUT2D eigenvalue weighted by molar-refractivity contribution is 6.30. The number of ether oxygens (including phenoxy) is 2. The minimum absolute atomic E-state index is 0.246. The Morgan fingerprint density at radius 2 is 1.81 bits per heavy atom. The Morgan fingerprint density at radius 1 is 1.08 bits per heavy atom. The van der Waals surface area contributed by atoms with Crippen LogP contribution in [0.25, 0.3) is 0 Å². The van der Waals surface area contributed by atoms with Gasteiger partial charge >= 0.3 is 5.97 Å². The summed E-state index contributed by atoms with van der Waals surface area (Å²) < 4.78 is 10.6. The smallest absolute Gasteiger partial charge is 0.341 e. The summed E-state index contributed by atoms with van der Waals surface area (Å²) in [6.45, 7) is 2.15. The Hall–Kier alpha value is -2.73. The number of nitrogens with one attached hydrogen (secondary N) is 1. The summed E-state index contributed by atoms with van der Waals surface area (Å²) in [5.74, 6) is -0.716. The molecule has 0 atom stereocenters. The summed E-state index contributed by atoms with van der Waals surface area (Å²) in [5.41, 5.74) is 1.48. The molecule has 26 heavy (non-hydrogen) atoms. The van der Waals surface area contributed by atoms with Crippen LogP contribution >= 0.6 is 11.6 Å². The van der Waals surface area contributed by atoms with Gasteiger partial charge in [0.25, 0.3) is 5.91 Å². The number of carbonyl (C=O) groups is 2. The summed E-state index contributed by atoms with van der Waals surface area (Å²) in [6, 6.07) is 12.1. The van der Waals surface area contributed by atoms with Crippen molar-refractivity contribution in [1.29, 1.82) is 0 Å². The van der Waals surface area contributed by atoms with E-state index < -0.39 is 12.6 Å². The summed E-state index contributed by atoms with van der Waals surface area (Å²) in [7, 11) is 0. The van der Waals surface area contributed by atoms with Crippen molar-refractivity contribution in [2.75, 3.05) is 19.8 Å². The molecule has 0 heterocycles. The van der Waals surface area contributed by atoms with E-state index in [4.69, 9.17) is 26.2 Å². The fourth-order valence-electron chi connectivity index (χ4n) is 2.25. The monoisotopic (exact) mass is 377 g/mol. The first-order valence-corrected chi connectivity index (χ1v) is 8.51. The van der Waals surface area contributed by atoms with Gasteiger partial charge in [-0.05, 0) is 49.2 Å². The Bertz CT molecular complexity index is 761. The predicted octanol–water partition coefficient (Wildman–Crippen LogP) is 3.17. The minimum Gasteiger partial charge on any atom is -0.490 e. The van der Waals surface area contributed by atoms with E-state index in [1.54, 1.807) is 13.0 Å². The molecule has 0 saturated carbocycles. The average molecular weight is 378 g/mol. The third-order valence-corrected chi connectivity index (χ3v) is 3.72. The lowest BCUT2D eigenvalue weighted by Gasteiger charge is -2.12. The first-order valence-electron chi connectivity index (χ1n) is 8.13. The summed E-state index contributed by atoms with van der Waals surface area (Å²) in [6.07, 6.45) is 0.682. The van der Waals surface area contributed by atoms with Crippen molar-refractivity contribution >= 4 is 23.5 Å². The standard InChI is InChI=1S/C19H20ClNO5/c1-2-25-17-11-14(5-8-16(17)26-12-18(22)23)19(24)21-10-9-13-3-6-15(20)7-4-13/h3-8,11H,2,9-10,12H2,1H3,(H,21,24)(H,22,23). The van der Waals surface area contributed by atoms with E-state index in [0.717, 1.165) is 5.56 Å². The van der Waals surface area contributed by atoms with Crippen LogP contribution < -0.4 is 14.8 Å². The van der Waals surface area contributed by atoms with Crippen molar-refractivity contribution < 1.29 is 24.2 Å². The molecule has 1 amide bonds. The third kappa shape index (κ3) is 5.97. The molecule has 2 aromatic carbocycles. The molecule has 2 aromatic rings. The van der Waals surface area contributed by atoms with Gasteiger partial charge in [0.2, 0.25) is 0 Å². The zero-order valence-corrected chi connectivity index (χ0v) is 15.1. The molecular weight excluding hydrogens is 358 g/mol. The Labute approximate surface area is 156 Å². The summed E-state index contributed by atoms with van der Waals surface area (Å²) >= 11 is 5.84. The topological polar surface area (TPSA) is 84.9 Å². The number of aliphatic carboxylic acids is 1. The molecule has 0 fully saturated rings. The zero-order valence-electron chi connectivity index (χ0n) is 14.3. The normalized spacial score (nSPS) is 10.2. The van der Waals surface area contributed by atoms with Crippen LogP contribution in [0.15, 0.2) is 42.5 Å². The van der Waals surface area contributed by atoms with Crippen molar-refractivity contribution in [3.05, 3.63) is 58.6 Å². The van der Waals surface area contributed by atoms with E-state index in [2.05, 4.69) is 5.32 Å². The highest BCUT2D eigenvalue weighted by Gasteiger charge is 2.12. The molecule has 0 spiro atoms. The third-order valence-electron chi connectivity index (χ3n) is 3.47. The van der Waals surface area contributed by atoms with E-state index in [1.165, 1.54) is 12.1 Å². The van der Waals surface area contributed by atoms with Gasteiger partial charge in [0.1, 0.15) is 0 Å². The summed E-state index contributed by atoms with van der Waals surface area (Å²) in [5, 5.41) is 12.2. The molecule has 138 valence electrons. The lowest BCUT2D eigenvalue weighted by molar-refractivity contribution is -0.139. The maximum atomic E-state index is 12.3. The number of benzene rings is 2. The highest BCUT2D eigenvalue weighted by Crippen LogP contribution is 2.28. The van der Waals surface area contributed by atoms with Gasteiger partial charge in [-0.15, -0.1) is 0 Å². The van der Waals surface area contributed by atoms with Crippen molar-refractivity contribution in [2.45, 2.75) is 13.3 Å². The largest absolute Gasteiger partial charge is 0.490 e. The van der Waals surface area contributed by atoms with Gasteiger partial charge in [-0.2, -0.15) is 0 Å². The van der Waals surface area contributed by atoms with E-state index in [0.29, 0.717) is 35.9 Å². The lowest BCUT2D eigenvalue weighted by Crippen LogP contribution is -2.25. The van der Waals surface area contributed by atoms with Gasteiger partial charge in [0.15, 0.2) is 18.1 Å². The van der Waals surface area contributed by atoms with Crippen LogP contribution in [0.1, 0.15) is 22.8 Å². The van der Waals surface area contributed by atoms with Crippen LogP contribution in [0.3, 0.4) is 0 Å². The number of carboxylic acids is 1. The molecule has 0 radical (unpaired) electrons. The van der Waals surface area contributed by atoms with Gasteiger partial charge in [-0.25, -0.2) is 4.79 Å². The predicted molar refractivity (Wildman–Crippen MR) is 98.2 cm³/mol. The molecule has 2 rings (SSSR count). The molecular formula is C19H20ClNO5. The van der Waals surface area contributed by atoms with E-state index >= 15 is 0 Å². The molecule has 0 aliphatic heterocycles. The number of hydrogen-bond donors (Lipinski definition) is 2. The number of carboxylic acid groups (broad SMARTS) is 1. The number of hydrogen-bond acceptors (Lipinski definition) is 4. The van der Waals surface area contributed by atoms with Gasteiger partial charge in [0.05, 0.1) is 6.61 Å². The van der Waals surface area contributed by atoms with Crippen LogP contribution in [0.4, 0.5) is 0 Å². The minimum atomic E-state index is -1.09. The SMILES string of the molecule is CCOc1cc(C(=O)NCCc2ccc(Cl)cc2)ccc1OCC(=O)O. The number of amides is 1. The molecule has 0 saturated heterocycles. The maximum absolute atomic E-state index is 12.3. The van der Waals surface area contributed by atoms with Crippen molar-refractivity contribution in [2.24, 2.45) is 0 Å². The fourth-order valence-corrected chi connectivity index (χ4v) is 2.38. The second kappa shape index (κ2) is 9.68. The number of rotatable bonds is 9. The lowest BCUT2D eigenvalue weighted by atomic mass is 10.1. The molecule has 6 nitrogen and oxygen atoms in total.